The number of carbonyl (C=O) groups excluding carboxylic acids is 1. The van der Waals surface area contributed by atoms with E-state index < -0.39 is 0 Å². The van der Waals surface area contributed by atoms with Crippen molar-refractivity contribution in [1.82, 2.24) is 14.3 Å². The fraction of sp³-hybridized carbons (Fsp3) is 0.353. The van der Waals surface area contributed by atoms with E-state index in [2.05, 4.69) is 40.6 Å². The van der Waals surface area contributed by atoms with E-state index in [1.54, 1.807) is 26.4 Å². The number of carbonyl (C=O) groups is 1. The first kappa shape index (κ1) is 16.6. The van der Waals surface area contributed by atoms with E-state index in [1.165, 1.54) is 27.1 Å². The third-order valence-electron chi connectivity index (χ3n) is 3.87. The minimum Gasteiger partial charge on any atom is -0.383 e. The summed E-state index contributed by atoms with van der Waals surface area (Å²) in [6.07, 6.45) is 1.60. The van der Waals surface area contributed by atoms with Gasteiger partial charge in [0.15, 0.2) is 4.80 Å². The SMILES string of the molecule is COCCn1c(=NC(=O)c2ccnn2C)sc2c(C)cc(C)cc21. The van der Waals surface area contributed by atoms with Gasteiger partial charge in [0, 0.05) is 26.9 Å². The summed E-state index contributed by atoms with van der Waals surface area (Å²) in [5.74, 6) is -0.290. The van der Waals surface area contributed by atoms with Crippen molar-refractivity contribution in [3.63, 3.8) is 0 Å². The summed E-state index contributed by atoms with van der Waals surface area (Å²) in [4.78, 5) is 17.5. The van der Waals surface area contributed by atoms with Gasteiger partial charge < -0.3 is 9.30 Å². The fourth-order valence-electron chi connectivity index (χ4n) is 2.72. The molecule has 2 heterocycles. The van der Waals surface area contributed by atoms with Crippen molar-refractivity contribution >= 4 is 27.5 Å². The molecule has 0 spiro atoms. The van der Waals surface area contributed by atoms with Crippen LogP contribution in [0.3, 0.4) is 0 Å². The Morgan fingerprint density at radius 3 is 2.83 bits per heavy atom. The number of hydrogen-bond donors (Lipinski definition) is 0. The van der Waals surface area contributed by atoms with E-state index in [0.29, 0.717) is 23.6 Å². The Morgan fingerprint density at radius 2 is 2.17 bits per heavy atom. The predicted octanol–water partition coefficient (Wildman–Crippen LogP) is 2.44. The Kier molecular flexibility index (Phi) is 4.64. The number of rotatable bonds is 4. The van der Waals surface area contributed by atoms with Gasteiger partial charge in [-0.05, 0) is 37.1 Å². The molecule has 0 N–H and O–H groups in total. The summed E-state index contributed by atoms with van der Waals surface area (Å²) in [6.45, 7) is 5.37. The van der Waals surface area contributed by atoms with E-state index in [1.807, 2.05) is 0 Å². The number of aromatic nitrogens is 3. The standard InChI is InChI=1S/C17H20N4O2S/c1-11-9-12(2)15-14(10-11)21(7-8-23-4)17(24-15)19-16(22)13-5-6-18-20(13)3/h5-6,9-10H,7-8H2,1-4H3. The second-order valence-electron chi connectivity index (χ2n) is 5.72. The zero-order valence-corrected chi connectivity index (χ0v) is 15.1. The minimum atomic E-state index is -0.290. The number of benzene rings is 1. The molecule has 2 aromatic heterocycles. The Labute approximate surface area is 144 Å². The van der Waals surface area contributed by atoms with Crippen LogP contribution in [0.2, 0.25) is 0 Å². The van der Waals surface area contributed by atoms with E-state index in [-0.39, 0.29) is 5.91 Å². The quantitative estimate of drug-likeness (QED) is 0.730. The highest BCUT2D eigenvalue weighted by Crippen LogP contribution is 2.23. The largest absolute Gasteiger partial charge is 0.383 e. The number of hydrogen-bond acceptors (Lipinski definition) is 4. The van der Waals surface area contributed by atoms with Crippen LogP contribution in [0.4, 0.5) is 0 Å². The maximum absolute atomic E-state index is 12.5. The molecular weight excluding hydrogens is 324 g/mol. The molecule has 3 aromatic rings. The Bertz CT molecular complexity index is 965. The average Bonchev–Trinajstić information content (AvgIpc) is 3.09. The first-order valence-corrected chi connectivity index (χ1v) is 8.49. The van der Waals surface area contributed by atoms with Gasteiger partial charge in [0.2, 0.25) is 0 Å². The molecule has 0 aliphatic rings. The Hall–Kier alpha value is -2.25. The number of aryl methyl sites for hydroxylation is 3. The molecule has 7 heteroatoms. The number of thiazole rings is 1. The zero-order valence-electron chi connectivity index (χ0n) is 14.2. The van der Waals surface area contributed by atoms with Gasteiger partial charge in [-0.3, -0.25) is 9.48 Å². The van der Waals surface area contributed by atoms with Crippen molar-refractivity contribution in [1.29, 1.82) is 0 Å². The molecule has 0 saturated carbocycles. The molecule has 3 rings (SSSR count). The molecule has 1 aromatic carbocycles. The van der Waals surface area contributed by atoms with Gasteiger partial charge >= 0.3 is 0 Å². The normalized spacial score (nSPS) is 12.2. The number of methoxy groups -OCH3 is 1. The molecule has 0 bridgehead atoms. The second-order valence-corrected chi connectivity index (χ2v) is 6.69. The molecule has 0 unspecified atom stereocenters. The molecule has 24 heavy (non-hydrogen) atoms. The van der Waals surface area contributed by atoms with Crippen LogP contribution in [-0.4, -0.2) is 34.0 Å². The van der Waals surface area contributed by atoms with Gasteiger partial charge in [0.25, 0.3) is 5.91 Å². The molecule has 126 valence electrons. The fourth-order valence-corrected chi connectivity index (χ4v) is 3.83. The van der Waals surface area contributed by atoms with E-state index in [4.69, 9.17) is 4.74 Å². The van der Waals surface area contributed by atoms with Crippen molar-refractivity contribution in [2.75, 3.05) is 13.7 Å². The average molecular weight is 344 g/mol. The molecule has 0 aliphatic heterocycles. The van der Waals surface area contributed by atoms with Gasteiger partial charge in [0.1, 0.15) is 5.69 Å². The van der Waals surface area contributed by atoms with Crippen molar-refractivity contribution in [2.24, 2.45) is 12.0 Å². The van der Waals surface area contributed by atoms with Gasteiger partial charge in [0.05, 0.1) is 16.8 Å². The summed E-state index contributed by atoms with van der Waals surface area (Å²) in [6, 6.07) is 5.95. The lowest BCUT2D eigenvalue weighted by atomic mass is 10.1. The van der Waals surface area contributed by atoms with Gasteiger partial charge in [-0.15, -0.1) is 0 Å². The van der Waals surface area contributed by atoms with Gasteiger partial charge in [-0.1, -0.05) is 17.4 Å². The smallest absolute Gasteiger partial charge is 0.297 e. The lowest BCUT2D eigenvalue weighted by molar-refractivity contribution is 0.0988. The molecule has 0 fully saturated rings. The Morgan fingerprint density at radius 1 is 1.38 bits per heavy atom. The monoisotopic (exact) mass is 344 g/mol. The van der Waals surface area contributed by atoms with Crippen molar-refractivity contribution < 1.29 is 9.53 Å². The van der Waals surface area contributed by atoms with Crippen LogP contribution >= 0.6 is 11.3 Å². The number of amides is 1. The Balaban J connectivity index is 2.19. The third-order valence-corrected chi connectivity index (χ3v) is 5.10. The summed E-state index contributed by atoms with van der Waals surface area (Å²) in [7, 11) is 3.41. The van der Waals surface area contributed by atoms with Crippen LogP contribution in [-0.2, 0) is 18.3 Å². The third kappa shape index (κ3) is 3.05. The second kappa shape index (κ2) is 6.70. The lowest BCUT2D eigenvalue weighted by Gasteiger charge is -2.06. The minimum absolute atomic E-state index is 0.290. The first-order chi connectivity index (χ1) is 11.5. The van der Waals surface area contributed by atoms with Crippen molar-refractivity contribution in [2.45, 2.75) is 20.4 Å². The van der Waals surface area contributed by atoms with Crippen molar-refractivity contribution in [3.05, 3.63) is 46.0 Å². The van der Waals surface area contributed by atoms with E-state index in [9.17, 15) is 4.79 Å². The molecule has 1 amide bonds. The van der Waals surface area contributed by atoms with E-state index in [0.717, 1.165) is 10.2 Å². The van der Waals surface area contributed by atoms with Crippen LogP contribution in [0.15, 0.2) is 29.4 Å². The summed E-state index contributed by atoms with van der Waals surface area (Å²) >= 11 is 1.53. The number of fused-ring (bicyclic) bond motifs is 1. The topological polar surface area (TPSA) is 61.4 Å². The van der Waals surface area contributed by atoms with E-state index >= 15 is 0 Å². The van der Waals surface area contributed by atoms with Crippen LogP contribution in [0.1, 0.15) is 21.6 Å². The van der Waals surface area contributed by atoms with Crippen LogP contribution in [0.25, 0.3) is 10.2 Å². The van der Waals surface area contributed by atoms with Gasteiger partial charge in [-0.2, -0.15) is 10.1 Å². The maximum atomic E-state index is 12.5. The molecule has 0 saturated heterocycles. The highest BCUT2D eigenvalue weighted by atomic mass is 32.1. The number of ether oxygens (including phenoxy) is 1. The highest BCUT2D eigenvalue weighted by Gasteiger charge is 2.13. The zero-order chi connectivity index (χ0) is 17.3. The predicted molar refractivity (Wildman–Crippen MR) is 94.3 cm³/mol. The molecule has 0 radical (unpaired) electrons. The highest BCUT2D eigenvalue weighted by molar-refractivity contribution is 7.16. The van der Waals surface area contributed by atoms with Crippen LogP contribution < -0.4 is 4.80 Å². The first-order valence-electron chi connectivity index (χ1n) is 7.68. The molecule has 0 aliphatic carbocycles. The number of nitrogens with zero attached hydrogens (tertiary/aromatic N) is 4. The summed E-state index contributed by atoms with van der Waals surface area (Å²) in [5.41, 5.74) is 3.94. The summed E-state index contributed by atoms with van der Waals surface area (Å²) < 4.78 is 9.95. The van der Waals surface area contributed by atoms with Crippen LogP contribution in [0.5, 0.6) is 0 Å². The molecule has 6 nitrogen and oxygen atoms in total. The van der Waals surface area contributed by atoms with Gasteiger partial charge in [-0.25, -0.2) is 0 Å². The maximum Gasteiger partial charge on any atom is 0.297 e. The molecule has 0 atom stereocenters. The summed E-state index contributed by atoms with van der Waals surface area (Å²) in [5, 5.41) is 4.03. The van der Waals surface area contributed by atoms with Crippen LogP contribution in [0, 0.1) is 13.8 Å². The van der Waals surface area contributed by atoms with Crippen molar-refractivity contribution in [3.8, 4) is 0 Å². The molecular formula is C17H20N4O2S. The lowest BCUT2D eigenvalue weighted by Crippen LogP contribution is -2.20.